The Kier molecular flexibility index (Phi) is 55.3. The van der Waals surface area contributed by atoms with Gasteiger partial charge >= 0.3 is 0 Å². The Hall–Kier alpha value is -1.71. The molecule has 0 unspecified atom stereocenters. The monoisotopic (exact) mass is 385 g/mol. The summed E-state index contributed by atoms with van der Waals surface area (Å²) in [5.74, 6) is 0. The molecule has 0 radical (unpaired) electrons. The van der Waals surface area contributed by atoms with Crippen LogP contribution in [-0.2, 0) is 15.0 Å². The number of carbonyl (C=O) groups excluding carboxylic acids is 1. The third kappa shape index (κ3) is 1870. The van der Waals surface area contributed by atoms with E-state index in [0.29, 0.717) is 0 Å². The molecule has 0 saturated heterocycles. The molecule has 0 heterocycles. The first-order valence-corrected chi connectivity index (χ1v) is 5.35. The highest BCUT2D eigenvalue weighted by atomic mass is 32.3. The molecule has 0 aromatic carbocycles. The highest BCUT2D eigenvalue weighted by molar-refractivity contribution is 7.79. The van der Waals surface area contributed by atoms with Gasteiger partial charge in [0.1, 0.15) is 0 Å². The molecule has 0 amide bonds. The summed E-state index contributed by atoms with van der Waals surface area (Å²) in [6.07, 6.45) is -2.33. The SMILES string of the molecule is O=C([O-])[O-].O=P([O-])([O-])[O-].O=S(=O)([O-])[O-].O=[N+]([O-])[O-].[NH4+].[NH4+].[NH4+].[NH4+]. The number of carboxylic acid groups (broad SMARTS) is 2. The van der Waals surface area contributed by atoms with Gasteiger partial charge in [-0.05, 0) is 6.16 Å². The predicted octanol–water partition coefficient (Wildman–Crippen LogP) is -5.34. The lowest BCUT2D eigenvalue weighted by Crippen LogP contribution is -2.37. The Bertz CT molecular complexity index is 336. The number of carbonyl (C=O) groups is 1. The van der Waals surface area contributed by atoms with E-state index in [0.717, 1.165) is 0 Å². The molecule has 0 atom stereocenters. The Morgan fingerprint density at radius 3 is 0.864 bits per heavy atom. The van der Waals surface area contributed by atoms with Crippen molar-refractivity contribution in [2.24, 2.45) is 0 Å². The second-order valence-electron chi connectivity index (χ2n) is 1.33. The number of hydrogen-bond donors (Lipinski definition) is 4. The van der Waals surface area contributed by atoms with Gasteiger partial charge in [-0.2, -0.15) is 7.82 Å². The molecule has 0 aliphatic heterocycles. The molecule has 0 rings (SSSR count). The summed E-state index contributed by atoms with van der Waals surface area (Å²) in [6.45, 7) is 0. The maximum absolute atomic E-state index is 8.55. The number of hydrogen-bond acceptors (Lipinski definition) is 14. The molecule has 16 N–H and O–H groups in total. The zero-order valence-corrected chi connectivity index (χ0v) is 13.2. The van der Waals surface area contributed by atoms with Crippen molar-refractivity contribution in [2.75, 3.05) is 0 Å². The van der Waals surface area contributed by atoms with Crippen LogP contribution in [0.2, 0.25) is 0 Å². The van der Waals surface area contributed by atoms with Crippen molar-refractivity contribution in [1.82, 2.24) is 24.6 Å². The van der Waals surface area contributed by atoms with Crippen LogP contribution in [0.15, 0.2) is 0 Å². The molecule has 0 aliphatic carbocycles. The van der Waals surface area contributed by atoms with Crippen LogP contribution in [0.3, 0.4) is 0 Å². The molecule has 19 nitrogen and oxygen atoms in total. The zero-order valence-electron chi connectivity index (χ0n) is 11.5. The van der Waals surface area contributed by atoms with E-state index in [1.165, 1.54) is 0 Å². The minimum absolute atomic E-state index is 0. The lowest BCUT2D eigenvalue weighted by molar-refractivity contribution is -0.432. The summed E-state index contributed by atoms with van der Waals surface area (Å²) in [5, 5.41) is 31.4. The zero-order chi connectivity index (χ0) is 16.2. The van der Waals surface area contributed by atoms with Crippen molar-refractivity contribution in [3.05, 3.63) is 15.3 Å². The summed E-state index contributed by atoms with van der Waals surface area (Å²) in [5.41, 5.74) is 0. The average molecular weight is 385 g/mol. The molecule has 0 aromatic heterocycles. The predicted molar refractivity (Wildman–Crippen MR) is 57.8 cm³/mol. The molecule has 144 valence electrons. The van der Waals surface area contributed by atoms with Crippen LogP contribution >= 0.6 is 7.82 Å². The van der Waals surface area contributed by atoms with Gasteiger partial charge in [-0.1, -0.05) is 0 Å². The van der Waals surface area contributed by atoms with Crippen LogP contribution in [0, 0.1) is 15.3 Å². The van der Waals surface area contributed by atoms with Crippen LogP contribution in [-0.4, -0.2) is 28.8 Å². The minimum Gasteiger partial charge on any atom is -0.822 e. The molecule has 0 saturated carbocycles. The third-order valence-electron chi connectivity index (χ3n) is 0. The molecule has 0 spiro atoms. The second-order valence-corrected chi connectivity index (χ2v) is 3.04. The fourth-order valence-corrected chi connectivity index (χ4v) is 0. The van der Waals surface area contributed by atoms with Crippen molar-refractivity contribution >= 4 is 24.4 Å². The first kappa shape index (κ1) is 50.0. The van der Waals surface area contributed by atoms with Crippen LogP contribution in [0.25, 0.3) is 0 Å². The van der Waals surface area contributed by atoms with Crippen LogP contribution in [0.5, 0.6) is 0 Å². The van der Waals surface area contributed by atoms with Crippen molar-refractivity contribution in [1.29, 1.82) is 0 Å². The van der Waals surface area contributed by atoms with Gasteiger partial charge in [0.15, 0.2) is 0 Å². The van der Waals surface area contributed by atoms with E-state index >= 15 is 0 Å². The minimum atomic E-state index is -5.39. The van der Waals surface area contributed by atoms with Gasteiger partial charge in [0.05, 0.1) is 5.09 Å². The molecule has 0 bridgehead atoms. The van der Waals surface area contributed by atoms with Gasteiger partial charge < -0.3 is 83.3 Å². The normalized spacial score (nSPS) is 7.50. The highest BCUT2D eigenvalue weighted by Crippen LogP contribution is 2.03. The van der Waals surface area contributed by atoms with Crippen molar-refractivity contribution in [2.45, 2.75) is 0 Å². The number of phosphoric acid groups is 1. The van der Waals surface area contributed by atoms with Crippen LogP contribution in [0.4, 0.5) is 4.79 Å². The maximum Gasteiger partial charge on any atom is 0.0689 e. The van der Waals surface area contributed by atoms with E-state index in [-0.39, 0.29) is 24.6 Å². The average Bonchev–Trinajstić information content (AvgIpc) is 1.70. The highest BCUT2D eigenvalue weighted by Gasteiger charge is 1.49. The van der Waals surface area contributed by atoms with Crippen LogP contribution in [0.1, 0.15) is 0 Å². The molecular weight excluding hydrogens is 369 g/mol. The summed E-state index contributed by atoms with van der Waals surface area (Å²) < 4.78 is 42.6. The van der Waals surface area contributed by atoms with Crippen molar-refractivity contribution in [3.8, 4) is 0 Å². The van der Waals surface area contributed by atoms with Gasteiger partial charge in [-0.3, -0.25) is 8.42 Å². The molecule has 0 aromatic rings. The van der Waals surface area contributed by atoms with Gasteiger partial charge in [0, 0.05) is 10.4 Å². The van der Waals surface area contributed by atoms with Crippen molar-refractivity contribution in [3.63, 3.8) is 0 Å². The first-order valence-electron chi connectivity index (χ1n) is 2.56. The summed E-state index contributed by atoms with van der Waals surface area (Å²) >= 11 is 0. The summed E-state index contributed by atoms with van der Waals surface area (Å²) in [6, 6.07) is 0. The van der Waals surface area contributed by atoms with E-state index in [9.17, 15) is 0 Å². The first-order chi connectivity index (χ1) is 7.46. The Morgan fingerprint density at radius 2 is 0.864 bits per heavy atom. The third-order valence-corrected chi connectivity index (χ3v) is 0. The fourth-order valence-electron chi connectivity index (χ4n) is 0. The molecule has 0 fully saturated rings. The lowest BCUT2D eigenvalue weighted by Gasteiger charge is -2.36. The van der Waals surface area contributed by atoms with Gasteiger partial charge in [0.2, 0.25) is 0 Å². The molecule has 0 aliphatic rings. The van der Waals surface area contributed by atoms with E-state index in [4.69, 9.17) is 67.1 Å². The summed E-state index contributed by atoms with van der Waals surface area (Å²) in [7, 11) is -10.6. The largest absolute Gasteiger partial charge is 0.822 e. The Morgan fingerprint density at radius 1 is 0.864 bits per heavy atom. The maximum atomic E-state index is 8.55. The Balaban J connectivity index is -0.0000000188. The smallest absolute Gasteiger partial charge is 0.0689 e. The molecule has 21 heteroatoms. The van der Waals surface area contributed by atoms with E-state index < -0.39 is 29.5 Å². The summed E-state index contributed by atoms with van der Waals surface area (Å²) in [4.78, 5) is 42.2. The lowest BCUT2D eigenvalue weighted by atomic mass is 11.5. The van der Waals surface area contributed by atoms with Gasteiger partial charge in [-0.25, -0.2) is 0 Å². The van der Waals surface area contributed by atoms with E-state index in [1.807, 2.05) is 0 Å². The number of quaternary nitrogens is 4. The van der Waals surface area contributed by atoms with Gasteiger partial charge in [-0.15, -0.1) is 0 Å². The van der Waals surface area contributed by atoms with Gasteiger partial charge in [0.25, 0.3) is 0 Å². The standard InChI is InChI=1S/CH2O3.NO3.4H3N.H3O4P.H2O4S/c2*2-1(3)4;;;;;2*1-5(2,3)4/h(H2,2,3,4);;4*1H3;(H3,1,2,3,4);(H2,1,2,3,4)/q;-1;;;;;;/p-3. The molecule has 22 heavy (non-hydrogen) atoms. The topological polar surface area (TPSA) is 442 Å². The second kappa shape index (κ2) is 24.3. The number of rotatable bonds is 0. The van der Waals surface area contributed by atoms with Crippen molar-refractivity contribution < 1.29 is 56.9 Å². The fraction of sp³-hybridized carbons (Fsp3) is 0. The number of nitrogens with zero attached hydrogens (tertiary/aromatic N) is 1. The van der Waals surface area contributed by atoms with Crippen LogP contribution < -0.4 is 49.5 Å². The quantitative estimate of drug-likeness (QED) is 0.0993. The van der Waals surface area contributed by atoms with E-state index in [1.54, 1.807) is 0 Å². The Labute approximate surface area is 122 Å². The van der Waals surface area contributed by atoms with E-state index in [2.05, 4.69) is 0 Å². The molecular formula is CH16N5O14PS-4.